The molecular formula is C23H24N6O3. The molecule has 1 amide bonds. The molecule has 0 aliphatic carbocycles. The molecule has 32 heavy (non-hydrogen) atoms. The molecule has 0 saturated carbocycles. The van der Waals surface area contributed by atoms with Gasteiger partial charge in [0, 0.05) is 25.1 Å². The molecule has 164 valence electrons. The fraction of sp³-hybridized carbons (Fsp3) is 0.348. The van der Waals surface area contributed by atoms with Gasteiger partial charge in [0.25, 0.3) is 0 Å². The van der Waals surface area contributed by atoms with Crippen molar-refractivity contribution in [3.8, 4) is 17.1 Å². The summed E-state index contributed by atoms with van der Waals surface area (Å²) in [7, 11) is 1.64. The lowest BCUT2D eigenvalue weighted by atomic mass is 10.1. The quantitative estimate of drug-likeness (QED) is 0.442. The Morgan fingerprint density at radius 3 is 2.72 bits per heavy atom. The molecule has 0 radical (unpaired) electrons. The maximum absolute atomic E-state index is 12.3. The van der Waals surface area contributed by atoms with Gasteiger partial charge in [-0.25, -0.2) is 4.68 Å². The van der Waals surface area contributed by atoms with E-state index >= 15 is 0 Å². The van der Waals surface area contributed by atoms with Crippen molar-refractivity contribution < 1.29 is 14.1 Å². The van der Waals surface area contributed by atoms with Crippen LogP contribution in [0.25, 0.3) is 22.4 Å². The first-order valence-electron chi connectivity index (χ1n) is 10.8. The van der Waals surface area contributed by atoms with Gasteiger partial charge >= 0.3 is 0 Å². The smallest absolute Gasteiger partial charge is 0.231 e. The highest BCUT2D eigenvalue weighted by Gasteiger charge is 2.18. The van der Waals surface area contributed by atoms with E-state index in [0.29, 0.717) is 31.1 Å². The second-order valence-electron chi connectivity index (χ2n) is 7.89. The summed E-state index contributed by atoms with van der Waals surface area (Å²) in [6.45, 7) is 2.25. The Morgan fingerprint density at radius 1 is 1.12 bits per heavy atom. The van der Waals surface area contributed by atoms with Crippen molar-refractivity contribution in [2.24, 2.45) is 0 Å². The number of carbonyl (C=O) groups excluding carboxylic acids is 1. The second kappa shape index (κ2) is 8.78. The number of methoxy groups -OCH3 is 1. The van der Waals surface area contributed by atoms with Crippen LogP contribution in [0.2, 0.25) is 0 Å². The van der Waals surface area contributed by atoms with E-state index in [-0.39, 0.29) is 5.91 Å². The maximum atomic E-state index is 12.3. The van der Waals surface area contributed by atoms with Crippen molar-refractivity contribution in [2.75, 3.05) is 20.2 Å². The zero-order chi connectivity index (χ0) is 21.9. The zero-order valence-corrected chi connectivity index (χ0v) is 17.9. The number of hydrogen-bond donors (Lipinski definition) is 0. The standard InChI is InChI=1S/C23H24N6O3/c1-31-18-7-4-16(5-8-18)14-21-24-23(26-32-21)17-6-9-20-19(15-17)25-27-29(20)13-10-22(30)28-11-2-3-12-28/h4-9,15H,2-3,10-14H2,1H3. The van der Waals surface area contributed by atoms with Crippen LogP contribution in [-0.2, 0) is 17.8 Å². The van der Waals surface area contributed by atoms with Crippen LogP contribution in [0.15, 0.2) is 47.0 Å². The zero-order valence-electron chi connectivity index (χ0n) is 17.9. The lowest BCUT2D eigenvalue weighted by Crippen LogP contribution is -2.28. The van der Waals surface area contributed by atoms with Crippen molar-refractivity contribution >= 4 is 16.9 Å². The van der Waals surface area contributed by atoms with Gasteiger partial charge in [0.05, 0.1) is 25.6 Å². The van der Waals surface area contributed by atoms with Crippen molar-refractivity contribution in [1.82, 2.24) is 30.0 Å². The summed E-state index contributed by atoms with van der Waals surface area (Å²) in [5.74, 6) is 2.03. The van der Waals surface area contributed by atoms with Crippen molar-refractivity contribution in [3.05, 3.63) is 53.9 Å². The summed E-state index contributed by atoms with van der Waals surface area (Å²) >= 11 is 0. The van der Waals surface area contributed by atoms with Crippen LogP contribution in [0.5, 0.6) is 5.75 Å². The lowest BCUT2D eigenvalue weighted by Gasteiger charge is -2.14. The third-order valence-corrected chi connectivity index (χ3v) is 5.75. The average molecular weight is 432 g/mol. The number of carbonyl (C=O) groups is 1. The summed E-state index contributed by atoms with van der Waals surface area (Å²) < 4.78 is 12.4. The molecule has 9 heteroatoms. The first-order valence-corrected chi connectivity index (χ1v) is 10.8. The molecule has 0 bridgehead atoms. The molecule has 1 fully saturated rings. The van der Waals surface area contributed by atoms with Gasteiger partial charge in [-0.2, -0.15) is 4.98 Å². The minimum absolute atomic E-state index is 0.180. The van der Waals surface area contributed by atoms with Gasteiger partial charge < -0.3 is 14.2 Å². The number of rotatable bonds is 7. The van der Waals surface area contributed by atoms with Crippen LogP contribution < -0.4 is 4.74 Å². The van der Waals surface area contributed by atoms with Gasteiger partial charge in [0.15, 0.2) is 0 Å². The first kappa shape index (κ1) is 20.2. The lowest BCUT2D eigenvalue weighted by molar-refractivity contribution is -0.130. The highest BCUT2D eigenvalue weighted by molar-refractivity contribution is 5.80. The number of aromatic nitrogens is 5. The largest absolute Gasteiger partial charge is 0.497 e. The number of fused-ring (bicyclic) bond motifs is 1. The van der Waals surface area contributed by atoms with Crippen molar-refractivity contribution in [2.45, 2.75) is 32.2 Å². The summed E-state index contributed by atoms with van der Waals surface area (Å²) in [5, 5.41) is 12.6. The van der Waals surface area contributed by atoms with E-state index in [9.17, 15) is 4.79 Å². The molecule has 1 aliphatic heterocycles. The summed E-state index contributed by atoms with van der Waals surface area (Å²) in [6.07, 6.45) is 3.16. The SMILES string of the molecule is COc1ccc(Cc2nc(-c3ccc4c(c3)nnn4CCC(=O)N3CCCC3)no2)cc1. The number of amides is 1. The molecule has 3 heterocycles. The Hall–Kier alpha value is -3.75. The molecule has 0 N–H and O–H groups in total. The summed E-state index contributed by atoms with van der Waals surface area (Å²) in [4.78, 5) is 18.8. The van der Waals surface area contributed by atoms with E-state index in [2.05, 4.69) is 20.5 Å². The minimum Gasteiger partial charge on any atom is -0.497 e. The van der Waals surface area contributed by atoms with Gasteiger partial charge in [-0.15, -0.1) is 5.10 Å². The van der Waals surface area contributed by atoms with Gasteiger partial charge in [0.2, 0.25) is 17.6 Å². The Labute approximate surface area is 185 Å². The molecule has 1 aliphatic rings. The third-order valence-electron chi connectivity index (χ3n) is 5.75. The molecule has 0 unspecified atom stereocenters. The first-order chi connectivity index (χ1) is 15.7. The van der Waals surface area contributed by atoms with Crippen LogP contribution >= 0.6 is 0 Å². The van der Waals surface area contributed by atoms with Gasteiger partial charge in [-0.3, -0.25) is 4.79 Å². The molecule has 2 aromatic heterocycles. The molecule has 2 aromatic carbocycles. The van der Waals surface area contributed by atoms with E-state index in [4.69, 9.17) is 9.26 Å². The normalized spacial score (nSPS) is 13.7. The highest BCUT2D eigenvalue weighted by atomic mass is 16.5. The second-order valence-corrected chi connectivity index (χ2v) is 7.89. The van der Waals surface area contributed by atoms with Gasteiger partial charge in [-0.05, 0) is 48.7 Å². The van der Waals surface area contributed by atoms with E-state index in [0.717, 1.165) is 53.8 Å². The van der Waals surface area contributed by atoms with Crippen LogP contribution in [0.3, 0.4) is 0 Å². The molecule has 9 nitrogen and oxygen atoms in total. The molecule has 4 aromatic rings. The molecular weight excluding hydrogens is 408 g/mol. The highest BCUT2D eigenvalue weighted by Crippen LogP contribution is 2.22. The number of likely N-dealkylation sites (tertiary alicyclic amines) is 1. The Bertz CT molecular complexity index is 1220. The van der Waals surface area contributed by atoms with Crippen molar-refractivity contribution in [1.29, 1.82) is 0 Å². The molecule has 5 rings (SSSR count). The van der Waals surface area contributed by atoms with Gasteiger partial charge in [0.1, 0.15) is 11.3 Å². The van der Waals surface area contributed by atoms with E-state index in [1.807, 2.05) is 47.4 Å². The van der Waals surface area contributed by atoms with Crippen LogP contribution in [0.1, 0.15) is 30.7 Å². The molecule has 0 atom stereocenters. The number of aryl methyl sites for hydroxylation is 1. The van der Waals surface area contributed by atoms with E-state index < -0.39 is 0 Å². The third kappa shape index (κ3) is 4.18. The summed E-state index contributed by atoms with van der Waals surface area (Å²) in [6, 6.07) is 13.5. The monoisotopic (exact) mass is 432 g/mol. The van der Waals surface area contributed by atoms with Crippen molar-refractivity contribution in [3.63, 3.8) is 0 Å². The summed E-state index contributed by atoms with van der Waals surface area (Å²) in [5.41, 5.74) is 3.48. The predicted octanol–water partition coefficient (Wildman–Crippen LogP) is 3.09. The van der Waals surface area contributed by atoms with E-state index in [1.165, 1.54) is 0 Å². The maximum Gasteiger partial charge on any atom is 0.231 e. The van der Waals surface area contributed by atoms with Crippen LogP contribution in [-0.4, -0.2) is 56.1 Å². The topological polar surface area (TPSA) is 99.2 Å². The fourth-order valence-corrected chi connectivity index (χ4v) is 3.96. The predicted molar refractivity (Wildman–Crippen MR) is 117 cm³/mol. The number of benzene rings is 2. The van der Waals surface area contributed by atoms with Crippen LogP contribution in [0, 0.1) is 0 Å². The number of ether oxygens (including phenoxy) is 1. The van der Waals surface area contributed by atoms with E-state index in [1.54, 1.807) is 11.8 Å². The Kier molecular flexibility index (Phi) is 5.53. The number of nitrogens with zero attached hydrogens (tertiary/aromatic N) is 6. The van der Waals surface area contributed by atoms with Crippen LogP contribution in [0.4, 0.5) is 0 Å². The Morgan fingerprint density at radius 2 is 1.94 bits per heavy atom. The number of hydrogen-bond acceptors (Lipinski definition) is 7. The minimum atomic E-state index is 0.180. The Balaban J connectivity index is 1.27. The average Bonchev–Trinajstić information content (AvgIpc) is 3.59. The molecule has 0 spiro atoms. The van der Waals surface area contributed by atoms with Gasteiger partial charge in [-0.1, -0.05) is 22.5 Å². The molecule has 1 saturated heterocycles. The fourth-order valence-electron chi connectivity index (χ4n) is 3.96.